The summed E-state index contributed by atoms with van der Waals surface area (Å²) < 4.78 is 13.6. The van der Waals surface area contributed by atoms with Crippen LogP contribution in [0.15, 0.2) is 41.3 Å². The van der Waals surface area contributed by atoms with Crippen LogP contribution in [0.25, 0.3) is 0 Å². The van der Waals surface area contributed by atoms with Gasteiger partial charge in [-0.2, -0.15) is 0 Å². The maximum Gasteiger partial charge on any atom is 0.128 e. The topological polar surface area (TPSA) is 26.0 Å². The van der Waals surface area contributed by atoms with Gasteiger partial charge in [-0.15, -0.1) is 11.8 Å². The van der Waals surface area contributed by atoms with E-state index in [2.05, 4.69) is 0 Å². The summed E-state index contributed by atoms with van der Waals surface area (Å²) in [5.74, 6) is 0.229. The molecule has 1 nitrogen and oxygen atoms in total. The zero-order chi connectivity index (χ0) is 13.1. The fourth-order valence-corrected chi connectivity index (χ4v) is 3.02. The first-order valence-corrected chi connectivity index (χ1v) is 6.86. The zero-order valence-corrected chi connectivity index (χ0v) is 11.5. The Morgan fingerprint density at radius 3 is 2.67 bits per heavy atom. The van der Waals surface area contributed by atoms with Gasteiger partial charge in [0.1, 0.15) is 5.82 Å². The van der Waals surface area contributed by atoms with Crippen LogP contribution in [0.2, 0.25) is 5.02 Å². The van der Waals surface area contributed by atoms with E-state index in [4.69, 9.17) is 17.3 Å². The summed E-state index contributed by atoms with van der Waals surface area (Å²) in [5, 5.41) is 0.462. The number of hydrogen-bond acceptors (Lipinski definition) is 2. The Morgan fingerprint density at radius 2 is 1.94 bits per heavy atom. The van der Waals surface area contributed by atoms with Gasteiger partial charge in [0.25, 0.3) is 0 Å². The summed E-state index contributed by atoms with van der Waals surface area (Å²) in [6, 6.07) is 10.5. The molecule has 2 aromatic carbocycles. The maximum atomic E-state index is 13.6. The molecule has 2 aromatic rings. The van der Waals surface area contributed by atoms with Crippen LogP contribution in [0.1, 0.15) is 11.1 Å². The Labute approximate surface area is 115 Å². The highest BCUT2D eigenvalue weighted by atomic mass is 35.5. The summed E-state index contributed by atoms with van der Waals surface area (Å²) >= 11 is 7.53. The Balaban J connectivity index is 2.19. The summed E-state index contributed by atoms with van der Waals surface area (Å²) in [6.45, 7) is 1.96. The number of anilines is 1. The third kappa shape index (κ3) is 2.79. The molecule has 18 heavy (non-hydrogen) atoms. The molecule has 0 fully saturated rings. The molecule has 0 unspecified atom stereocenters. The molecule has 0 saturated carbocycles. The highest BCUT2D eigenvalue weighted by molar-refractivity contribution is 7.98. The average Bonchev–Trinajstić information content (AvgIpc) is 2.33. The second-order valence-corrected chi connectivity index (χ2v) is 5.38. The van der Waals surface area contributed by atoms with Crippen molar-refractivity contribution in [3.63, 3.8) is 0 Å². The molecule has 2 N–H and O–H groups in total. The van der Waals surface area contributed by atoms with Crippen molar-refractivity contribution in [3.05, 3.63) is 58.4 Å². The van der Waals surface area contributed by atoms with E-state index in [9.17, 15) is 4.39 Å². The van der Waals surface area contributed by atoms with E-state index in [0.717, 1.165) is 16.1 Å². The van der Waals surface area contributed by atoms with Gasteiger partial charge in [0.15, 0.2) is 0 Å². The number of nitrogen functional groups attached to an aromatic ring is 1. The molecule has 0 atom stereocenters. The normalized spacial score (nSPS) is 10.6. The van der Waals surface area contributed by atoms with Gasteiger partial charge in [0.05, 0.1) is 0 Å². The monoisotopic (exact) mass is 281 g/mol. The van der Waals surface area contributed by atoms with Crippen molar-refractivity contribution in [2.24, 2.45) is 0 Å². The summed E-state index contributed by atoms with van der Waals surface area (Å²) in [5.41, 5.74) is 8.14. The van der Waals surface area contributed by atoms with Crippen molar-refractivity contribution in [3.8, 4) is 0 Å². The standard InChI is InChI=1S/C14H13ClFNS/c1-9-13(17)6-3-7-14(9)18-8-10-11(15)4-2-5-12(10)16/h2-7H,8,17H2,1H3. The fourth-order valence-electron chi connectivity index (χ4n) is 1.61. The molecule has 0 spiro atoms. The zero-order valence-electron chi connectivity index (χ0n) is 9.91. The van der Waals surface area contributed by atoms with E-state index in [0.29, 0.717) is 16.3 Å². The van der Waals surface area contributed by atoms with E-state index >= 15 is 0 Å². The van der Waals surface area contributed by atoms with E-state index in [-0.39, 0.29) is 5.82 Å². The second kappa shape index (κ2) is 5.63. The maximum absolute atomic E-state index is 13.6. The van der Waals surface area contributed by atoms with Crippen LogP contribution in [0.3, 0.4) is 0 Å². The minimum Gasteiger partial charge on any atom is -0.398 e. The summed E-state index contributed by atoms with van der Waals surface area (Å²) in [4.78, 5) is 1.05. The largest absolute Gasteiger partial charge is 0.398 e. The van der Waals surface area contributed by atoms with Crippen LogP contribution in [-0.2, 0) is 5.75 Å². The molecule has 0 radical (unpaired) electrons. The van der Waals surface area contributed by atoms with E-state index in [1.54, 1.807) is 12.1 Å². The van der Waals surface area contributed by atoms with Crippen LogP contribution in [0, 0.1) is 12.7 Å². The molecule has 2 rings (SSSR count). The number of rotatable bonds is 3. The molecule has 0 aliphatic heterocycles. The molecule has 0 bridgehead atoms. The SMILES string of the molecule is Cc1c(N)cccc1SCc1c(F)cccc1Cl. The predicted octanol–water partition coefficient (Wildman–Crippen LogP) is 4.66. The molecule has 0 saturated heterocycles. The van der Waals surface area contributed by atoms with Gasteiger partial charge < -0.3 is 5.73 Å². The van der Waals surface area contributed by atoms with Crippen LogP contribution in [-0.4, -0.2) is 0 Å². The van der Waals surface area contributed by atoms with Crippen molar-refractivity contribution in [2.45, 2.75) is 17.6 Å². The molecule has 0 aliphatic rings. The molecule has 94 valence electrons. The predicted molar refractivity (Wildman–Crippen MR) is 76.6 cm³/mol. The molecular weight excluding hydrogens is 269 g/mol. The minimum atomic E-state index is -0.267. The molecule has 0 aliphatic carbocycles. The third-order valence-corrected chi connectivity index (χ3v) is 4.30. The summed E-state index contributed by atoms with van der Waals surface area (Å²) in [6.07, 6.45) is 0. The van der Waals surface area contributed by atoms with Crippen molar-refractivity contribution >= 4 is 29.1 Å². The summed E-state index contributed by atoms with van der Waals surface area (Å²) in [7, 11) is 0. The number of halogens is 2. The van der Waals surface area contributed by atoms with Gasteiger partial charge in [-0.25, -0.2) is 4.39 Å². The highest BCUT2D eigenvalue weighted by Gasteiger charge is 2.09. The molecule has 4 heteroatoms. The van der Waals surface area contributed by atoms with Gasteiger partial charge in [0.2, 0.25) is 0 Å². The van der Waals surface area contributed by atoms with E-state index < -0.39 is 0 Å². The smallest absolute Gasteiger partial charge is 0.128 e. The van der Waals surface area contributed by atoms with Crippen LogP contribution >= 0.6 is 23.4 Å². The number of nitrogens with two attached hydrogens (primary N) is 1. The quantitative estimate of drug-likeness (QED) is 0.654. The van der Waals surface area contributed by atoms with Gasteiger partial charge >= 0.3 is 0 Å². The Morgan fingerprint density at radius 1 is 1.22 bits per heavy atom. The number of benzene rings is 2. The van der Waals surface area contributed by atoms with Crippen molar-refractivity contribution in [1.29, 1.82) is 0 Å². The van der Waals surface area contributed by atoms with Crippen LogP contribution < -0.4 is 5.73 Å². The fraction of sp³-hybridized carbons (Fsp3) is 0.143. The van der Waals surface area contributed by atoms with Crippen LogP contribution in [0.5, 0.6) is 0 Å². The first kappa shape index (κ1) is 13.2. The van der Waals surface area contributed by atoms with Gasteiger partial charge in [-0.1, -0.05) is 23.7 Å². The van der Waals surface area contributed by atoms with E-state index in [1.165, 1.54) is 17.8 Å². The highest BCUT2D eigenvalue weighted by Crippen LogP contribution is 2.31. The lowest BCUT2D eigenvalue weighted by atomic mass is 10.2. The van der Waals surface area contributed by atoms with Crippen molar-refractivity contribution in [1.82, 2.24) is 0 Å². The Bertz CT molecular complexity index is 551. The first-order chi connectivity index (χ1) is 8.59. The molecule has 0 heterocycles. The average molecular weight is 282 g/mol. The Hall–Kier alpha value is -1.19. The molecule has 0 amide bonds. The molecular formula is C14H13ClFNS. The van der Waals surface area contributed by atoms with Crippen LogP contribution in [0.4, 0.5) is 10.1 Å². The lowest BCUT2D eigenvalue weighted by molar-refractivity contribution is 0.617. The third-order valence-electron chi connectivity index (χ3n) is 2.76. The number of hydrogen-bond donors (Lipinski definition) is 1. The lowest BCUT2D eigenvalue weighted by Gasteiger charge is -2.09. The van der Waals surface area contributed by atoms with E-state index in [1.807, 2.05) is 25.1 Å². The van der Waals surface area contributed by atoms with Gasteiger partial charge in [0, 0.05) is 26.9 Å². The van der Waals surface area contributed by atoms with Gasteiger partial charge in [-0.3, -0.25) is 0 Å². The van der Waals surface area contributed by atoms with Gasteiger partial charge in [-0.05, 0) is 36.8 Å². The second-order valence-electron chi connectivity index (χ2n) is 3.96. The first-order valence-electron chi connectivity index (χ1n) is 5.50. The molecule has 0 aromatic heterocycles. The van der Waals surface area contributed by atoms with Crippen molar-refractivity contribution in [2.75, 3.05) is 5.73 Å². The van der Waals surface area contributed by atoms with Crippen molar-refractivity contribution < 1.29 is 4.39 Å². The Kier molecular flexibility index (Phi) is 4.15. The minimum absolute atomic E-state index is 0.267. The number of thioether (sulfide) groups is 1. The lowest BCUT2D eigenvalue weighted by Crippen LogP contribution is -1.93.